The lowest BCUT2D eigenvalue weighted by atomic mass is 10.2. The van der Waals surface area contributed by atoms with Gasteiger partial charge in [0.15, 0.2) is 0 Å². The van der Waals surface area contributed by atoms with E-state index in [1.54, 1.807) is 6.08 Å². The summed E-state index contributed by atoms with van der Waals surface area (Å²) in [6.45, 7) is 4.14. The summed E-state index contributed by atoms with van der Waals surface area (Å²) in [6.07, 6.45) is 1.63. The van der Waals surface area contributed by atoms with Gasteiger partial charge in [-0.3, -0.25) is 4.79 Å². The quantitative estimate of drug-likeness (QED) is 0.543. The highest BCUT2D eigenvalue weighted by Crippen LogP contribution is 2.19. The summed E-state index contributed by atoms with van der Waals surface area (Å²) in [4.78, 5) is 22.3. The van der Waals surface area contributed by atoms with E-state index in [1.165, 1.54) is 18.2 Å². The van der Waals surface area contributed by atoms with Gasteiger partial charge in [0.1, 0.15) is 0 Å². The van der Waals surface area contributed by atoms with Gasteiger partial charge in [0.25, 0.3) is 0 Å². The van der Waals surface area contributed by atoms with Crippen LogP contribution in [0.3, 0.4) is 0 Å². The lowest BCUT2D eigenvalue weighted by Gasteiger charge is -2.07. The summed E-state index contributed by atoms with van der Waals surface area (Å²) in [5.41, 5.74) is 0.377. The van der Waals surface area contributed by atoms with Gasteiger partial charge in [-0.1, -0.05) is 17.7 Å². The zero-order valence-electron chi connectivity index (χ0n) is 9.57. The van der Waals surface area contributed by atoms with E-state index in [-0.39, 0.29) is 23.0 Å². The summed E-state index contributed by atoms with van der Waals surface area (Å²) in [6, 6.07) is 4.15. The van der Waals surface area contributed by atoms with E-state index >= 15 is 0 Å². The minimum absolute atomic E-state index is 0.0249. The standard InChI is InChI=1S/C12H13ClN2O3/c1-2-3-14-7-11(16)15-10-5-8(12(17)18)4-9(13)6-10/h2,4-6,14H,1,3,7H2,(H,15,16)(H,17,18). The minimum atomic E-state index is -1.10. The van der Waals surface area contributed by atoms with Crippen molar-refractivity contribution in [2.45, 2.75) is 0 Å². The van der Waals surface area contributed by atoms with E-state index in [1.807, 2.05) is 0 Å². The SMILES string of the molecule is C=CCNCC(=O)Nc1cc(Cl)cc(C(=O)O)c1. The Morgan fingerprint density at radius 2 is 2.11 bits per heavy atom. The van der Waals surface area contributed by atoms with Crippen LogP contribution >= 0.6 is 11.6 Å². The van der Waals surface area contributed by atoms with Crippen LogP contribution in [-0.4, -0.2) is 30.1 Å². The van der Waals surface area contributed by atoms with Crippen molar-refractivity contribution in [1.29, 1.82) is 0 Å². The van der Waals surface area contributed by atoms with Crippen molar-refractivity contribution in [2.75, 3.05) is 18.4 Å². The molecule has 0 aliphatic carbocycles. The average molecular weight is 269 g/mol. The van der Waals surface area contributed by atoms with E-state index in [9.17, 15) is 9.59 Å². The Bertz CT molecular complexity index is 474. The van der Waals surface area contributed by atoms with Crippen molar-refractivity contribution in [3.05, 3.63) is 41.4 Å². The summed E-state index contributed by atoms with van der Waals surface area (Å²) in [5, 5.41) is 14.5. The second-order valence-electron chi connectivity index (χ2n) is 3.50. The normalized spacial score (nSPS) is 9.83. The first-order valence-corrected chi connectivity index (χ1v) is 5.56. The average Bonchev–Trinajstić information content (AvgIpc) is 2.28. The van der Waals surface area contributed by atoms with Gasteiger partial charge in [-0.2, -0.15) is 0 Å². The van der Waals surface area contributed by atoms with Crippen molar-refractivity contribution < 1.29 is 14.7 Å². The number of aromatic carboxylic acids is 1. The fourth-order valence-corrected chi connectivity index (χ4v) is 1.51. The number of carboxylic acid groups (broad SMARTS) is 1. The molecule has 1 aromatic rings. The fourth-order valence-electron chi connectivity index (χ4n) is 1.28. The zero-order chi connectivity index (χ0) is 13.5. The highest BCUT2D eigenvalue weighted by Gasteiger charge is 2.08. The van der Waals surface area contributed by atoms with Gasteiger partial charge in [0.05, 0.1) is 12.1 Å². The molecule has 5 nitrogen and oxygen atoms in total. The van der Waals surface area contributed by atoms with E-state index in [0.29, 0.717) is 12.2 Å². The van der Waals surface area contributed by atoms with Crippen molar-refractivity contribution in [3.63, 3.8) is 0 Å². The molecule has 0 saturated carbocycles. The predicted molar refractivity (Wildman–Crippen MR) is 70.1 cm³/mol. The molecule has 0 bridgehead atoms. The van der Waals surface area contributed by atoms with Gasteiger partial charge >= 0.3 is 5.97 Å². The Morgan fingerprint density at radius 1 is 1.39 bits per heavy atom. The molecule has 1 rings (SSSR count). The minimum Gasteiger partial charge on any atom is -0.478 e. The maximum atomic E-state index is 11.5. The lowest BCUT2D eigenvalue weighted by Crippen LogP contribution is -2.28. The number of carboxylic acids is 1. The molecule has 0 saturated heterocycles. The molecule has 96 valence electrons. The molecular formula is C12H13ClN2O3. The molecule has 0 aromatic heterocycles. The lowest BCUT2D eigenvalue weighted by molar-refractivity contribution is -0.115. The first-order chi connectivity index (χ1) is 8.52. The number of carbonyl (C=O) groups excluding carboxylic acids is 1. The number of rotatable bonds is 6. The first kappa shape index (κ1) is 14.2. The Kier molecular flexibility index (Phi) is 5.35. The molecule has 0 atom stereocenters. The number of benzene rings is 1. The number of anilines is 1. The summed E-state index contributed by atoms with van der Waals surface area (Å²) in [5.74, 6) is -1.38. The Balaban J connectivity index is 2.69. The smallest absolute Gasteiger partial charge is 0.335 e. The summed E-state index contributed by atoms with van der Waals surface area (Å²) < 4.78 is 0. The van der Waals surface area contributed by atoms with Crippen molar-refractivity contribution >= 4 is 29.2 Å². The van der Waals surface area contributed by atoms with Crippen LogP contribution in [0.4, 0.5) is 5.69 Å². The van der Waals surface area contributed by atoms with E-state index < -0.39 is 5.97 Å². The molecule has 0 unspecified atom stereocenters. The number of hydrogen-bond donors (Lipinski definition) is 3. The maximum absolute atomic E-state index is 11.5. The van der Waals surface area contributed by atoms with Gasteiger partial charge in [0, 0.05) is 17.3 Å². The van der Waals surface area contributed by atoms with E-state index in [2.05, 4.69) is 17.2 Å². The molecule has 0 spiro atoms. The molecule has 0 radical (unpaired) electrons. The van der Waals surface area contributed by atoms with Crippen molar-refractivity contribution in [1.82, 2.24) is 5.32 Å². The third-order valence-electron chi connectivity index (χ3n) is 2.00. The van der Waals surface area contributed by atoms with Crippen LogP contribution in [0.15, 0.2) is 30.9 Å². The number of nitrogens with one attached hydrogen (secondary N) is 2. The summed E-state index contributed by atoms with van der Waals surface area (Å²) >= 11 is 5.76. The van der Waals surface area contributed by atoms with Crippen LogP contribution in [-0.2, 0) is 4.79 Å². The molecule has 0 aliphatic rings. The van der Waals surface area contributed by atoms with Crippen molar-refractivity contribution in [3.8, 4) is 0 Å². The van der Waals surface area contributed by atoms with Gasteiger partial charge in [-0.05, 0) is 18.2 Å². The molecule has 0 fully saturated rings. The molecule has 0 aliphatic heterocycles. The predicted octanol–water partition coefficient (Wildman–Crippen LogP) is 1.75. The van der Waals surface area contributed by atoms with Crippen molar-refractivity contribution in [2.24, 2.45) is 0 Å². The maximum Gasteiger partial charge on any atom is 0.335 e. The third-order valence-corrected chi connectivity index (χ3v) is 2.22. The number of amides is 1. The van der Waals surface area contributed by atoms with Crippen LogP contribution in [0.2, 0.25) is 5.02 Å². The molecule has 1 aromatic carbocycles. The van der Waals surface area contributed by atoms with Crippen LogP contribution in [0.5, 0.6) is 0 Å². The number of hydrogen-bond acceptors (Lipinski definition) is 3. The van der Waals surface area contributed by atoms with Gasteiger partial charge in [-0.15, -0.1) is 6.58 Å². The van der Waals surface area contributed by atoms with E-state index in [4.69, 9.17) is 16.7 Å². The van der Waals surface area contributed by atoms with Gasteiger partial charge in [-0.25, -0.2) is 4.79 Å². The van der Waals surface area contributed by atoms with Crippen LogP contribution < -0.4 is 10.6 Å². The topological polar surface area (TPSA) is 78.4 Å². The summed E-state index contributed by atoms with van der Waals surface area (Å²) in [7, 11) is 0. The van der Waals surface area contributed by atoms with Crippen LogP contribution in [0.25, 0.3) is 0 Å². The second-order valence-corrected chi connectivity index (χ2v) is 3.94. The van der Waals surface area contributed by atoms with Crippen LogP contribution in [0, 0.1) is 0 Å². The van der Waals surface area contributed by atoms with Gasteiger partial charge in [0.2, 0.25) is 5.91 Å². The molecular weight excluding hydrogens is 256 g/mol. The van der Waals surface area contributed by atoms with E-state index in [0.717, 1.165) is 0 Å². The molecule has 3 N–H and O–H groups in total. The Morgan fingerprint density at radius 3 is 2.72 bits per heavy atom. The highest BCUT2D eigenvalue weighted by molar-refractivity contribution is 6.31. The molecule has 0 heterocycles. The molecule has 1 amide bonds. The second kappa shape index (κ2) is 6.78. The van der Waals surface area contributed by atoms with Crippen LogP contribution in [0.1, 0.15) is 10.4 Å². The largest absolute Gasteiger partial charge is 0.478 e. The van der Waals surface area contributed by atoms with Gasteiger partial charge < -0.3 is 15.7 Å². The number of carbonyl (C=O) groups is 2. The number of halogens is 1. The first-order valence-electron chi connectivity index (χ1n) is 5.18. The Hall–Kier alpha value is -1.85. The molecule has 6 heteroatoms. The fraction of sp³-hybridized carbons (Fsp3) is 0.167. The zero-order valence-corrected chi connectivity index (χ0v) is 10.3. The Labute approximate surface area is 109 Å². The monoisotopic (exact) mass is 268 g/mol. The molecule has 18 heavy (non-hydrogen) atoms. The highest BCUT2D eigenvalue weighted by atomic mass is 35.5. The third kappa shape index (κ3) is 4.57.